The largest absolute Gasteiger partial charge is 0.329 e. The number of carbonyl (C=O) groups excluding carboxylic acids is 2. The van der Waals surface area contributed by atoms with Gasteiger partial charge in [0.2, 0.25) is 0 Å². The van der Waals surface area contributed by atoms with Crippen molar-refractivity contribution in [2.45, 2.75) is 84.5 Å². The van der Waals surface area contributed by atoms with Crippen molar-refractivity contribution < 1.29 is 9.59 Å². The molecule has 0 bridgehead atoms. The number of benzene rings is 1. The molecule has 0 aromatic heterocycles. The standard InChI is InChI=1S/C22H33N3O2/c1-17-14-15-20(16-18(17)2)23-21(26)22(27)25-24-19-12-10-8-6-4-3-5-7-9-11-13-19/h14-16H,3-13H2,1-2H3,(H,23,26)(H,25,27). The van der Waals surface area contributed by atoms with Crippen LogP contribution in [0.3, 0.4) is 0 Å². The zero-order valence-electron chi connectivity index (χ0n) is 16.8. The Bertz CT molecular complexity index is 654. The molecule has 0 spiro atoms. The van der Waals surface area contributed by atoms with Crippen molar-refractivity contribution in [3.05, 3.63) is 29.3 Å². The van der Waals surface area contributed by atoms with Crippen LogP contribution in [0.1, 0.15) is 81.8 Å². The maximum Gasteiger partial charge on any atom is 0.329 e. The molecule has 0 atom stereocenters. The highest BCUT2D eigenvalue weighted by Gasteiger charge is 2.14. The maximum atomic E-state index is 12.1. The topological polar surface area (TPSA) is 70.6 Å². The van der Waals surface area contributed by atoms with Crippen molar-refractivity contribution in [3.8, 4) is 0 Å². The predicted molar refractivity (Wildman–Crippen MR) is 111 cm³/mol. The van der Waals surface area contributed by atoms with Gasteiger partial charge in [-0.15, -0.1) is 0 Å². The van der Waals surface area contributed by atoms with E-state index >= 15 is 0 Å². The maximum absolute atomic E-state index is 12.1. The van der Waals surface area contributed by atoms with Crippen LogP contribution in [0.4, 0.5) is 5.69 Å². The fourth-order valence-corrected chi connectivity index (χ4v) is 3.32. The van der Waals surface area contributed by atoms with Gasteiger partial charge in [0.25, 0.3) is 0 Å². The number of nitrogens with one attached hydrogen (secondary N) is 2. The number of anilines is 1. The molecule has 1 fully saturated rings. The van der Waals surface area contributed by atoms with Crippen LogP contribution in [0.25, 0.3) is 0 Å². The Morgan fingerprint density at radius 2 is 1.33 bits per heavy atom. The number of hydrogen-bond donors (Lipinski definition) is 2. The summed E-state index contributed by atoms with van der Waals surface area (Å²) in [4.78, 5) is 24.2. The summed E-state index contributed by atoms with van der Waals surface area (Å²) in [6.07, 6.45) is 13.0. The van der Waals surface area contributed by atoms with Crippen molar-refractivity contribution in [3.63, 3.8) is 0 Å². The minimum atomic E-state index is -0.716. The SMILES string of the molecule is Cc1ccc(NC(=O)C(=O)NN=C2CCCCCCCCCCC2)cc1C. The second-order valence-corrected chi connectivity index (χ2v) is 7.55. The quantitative estimate of drug-likeness (QED) is 0.566. The van der Waals surface area contributed by atoms with Gasteiger partial charge in [0, 0.05) is 11.4 Å². The van der Waals surface area contributed by atoms with Gasteiger partial charge < -0.3 is 5.32 Å². The van der Waals surface area contributed by atoms with Gasteiger partial charge in [-0.1, -0.05) is 51.0 Å². The lowest BCUT2D eigenvalue weighted by atomic mass is 10.00. The Labute approximate surface area is 163 Å². The van der Waals surface area contributed by atoms with Gasteiger partial charge in [0.05, 0.1) is 0 Å². The molecule has 1 saturated carbocycles. The average Bonchev–Trinajstić information content (AvgIpc) is 2.64. The molecule has 2 rings (SSSR count). The first-order valence-corrected chi connectivity index (χ1v) is 10.3. The summed E-state index contributed by atoms with van der Waals surface area (Å²) in [7, 11) is 0. The zero-order valence-corrected chi connectivity index (χ0v) is 16.8. The molecular formula is C22H33N3O2. The Morgan fingerprint density at radius 1 is 0.778 bits per heavy atom. The summed E-state index contributed by atoms with van der Waals surface area (Å²) in [6, 6.07) is 5.58. The van der Waals surface area contributed by atoms with Crippen LogP contribution in [0.15, 0.2) is 23.3 Å². The van der Waals surface area contributed by atoms with Crippen LogP contribution < -0.4 is 10.7 Å². The molecule has 0 saturated heterocycles. The Morgan fingerprint density at radius 3 is 1.89 bits per heavy atom. The number of nitrogens with zero attached hydrogens (tertiary/aromatic N) is 1. The number of amides is 2. The highest BCUT2D eigenvalue weighted by molar-refractivity contribution is 6.39. The summed E-state index contributed by atoms with van der Waals surface area (Å²) in [6.45, 7) is 3.98. The van der Waals surface area contributed by atoms with E-state index in [0.29, 0.717) is 5.69 Å². The second kappa shape index (κ2) is 11.5. The first-order chi connectivity index (χ1) is 13.1. The van der Waals surface area contributed by atoms with E-state index in [9.17, 15) is 9.59 Å². The van der Waals surface area contributed by atoms with Crippen LogP contribution in [-0.2, 0) is 9.59 Å². The van der Waals surface area contributed by atoms with E-state index in [0.717, 1.165) is 42.5 Å². The number of hydrazone groups is 1. The van der Waals surface area contributed by atoms with E-state index in [1.165, 1.54) is 44.9 Å². The lowest BCUT2D eigenvalue weighted by Crippen LogP contribution is -2.33. The molecule has 27 heavy (non-hydrogen) atoms. The third kappa shape index (κ3) is 7.94. The van der Waals surface area contributed by atoms with Crippen LogP contribution in [-0.4, -0.2) is 17.5 Å². The fourth-order valence-electron chi connectivity index (χ4n) is 3.32. The smallest absolute Gasteiger partial charge is 0.318 e. The molecule has 1 aliphatic rings. The van der Waals surface area contributed by atoms with E-state index in [-0.39, 0.29) is 0 Å². The Balaban J connectivity index is 1.87. The molecule has 2 N–H and O–H groups in total. The van der Waals surface area contributed by atoms with Crippen molar-refractivity contribution in [1.29, 1.82) is 0 Å². The molecule has 1 aromatic carbocycles. The van der Waals surface area contributed by atoms with Crippen LogP contribution in [0.2, 0.25) is 0 Å². The van der Waals surface area contributed by atoms with Crippen LogP contribution in [0, 0.1) is 13.8 Å². The van der Waals surface area contributed by atoms with Gasteiger partial charge in [0.15, 0.2) is 0 Å². The second-order valence-electron chi connectivity index (χ2n) is 7.55. The summed E-state index contributed by atoms with van der Waals surface area (Å²) >= 11 is 0. The summed E-state index contributed by atoms with van der Waals surface area (Å²) in [5, 5.41) is 6.89. The normalized spacial score (nSPS) is 16.6. The van der Waals surface area contributed by atoms with Crippen LogP contribution >= 0.6 is 0 Å². The molecule has 1 aliphatic carbocycles. The molecule has 0 unspecified atom stereocenters. The molecule has 0 radical (unpaired) electrons. The first kappa shape index (κ1) is 21.1. The molecule has 148 valence electrons. The molecule has 2 amide bonds. The van der Waals surface area contributed by atoms with Crippen molar-refractivity contribution >= 4 is 23.2 Å². The van der Waals surface area contributed by atoms with Crippen molar-refractivity contribution in [2.75, 3.05) is 5.32 Å². The molecule has 5 heteroatoms. The van der Waals surface area contributed by atoms with E-state index in [1.54, 1.807) is 6.07 Å². The van der Waals surface area contributed by atoms with Gasteiger partial charge in [-0.25, -0.2) is 5.43 Å². The highest BCUT2D eigenvalue weighted by Crippen LogP contribution is 2.16. The number of rotatable bonds is 2. The summed E-state index contributed by atoms with van der Waals surface area (Å²) in [5.41, 5.74) is 6.29. The van der Waals surface area contributed by atoms with E-state index in [4.69, 9.17) is 0 Å². The van der Waals surface area contributed by atoms with Gasteiger partial charge in [-0.3, -0.25) is 9.59 Å². The molecule has 1 aromatic rings. The van der Waals surface area contributed by atoms with Crippen molar-refractivity contribution in [1.82, 2.24) is 5.43 Å². The molecule has 0 aliphatic heterocycles. The Hall–Kier alpha value is -2.17. The monoisotopic (exact) mass is 371 g/mol. The number of carbonyl (C=O) groups is 2. The fraction of sp³-hybridized carbons (Fsp3) is 0.591. The molecule has 5 nitrogen and oxygen atoms in total. The number of aryl methyl sites for hydroxylation is 2. The van der Waals surface area contributed by atoms with Crippen molar-refractivity contribution in [2.24, 2.45) is 5.10 Å². The van der Waals surface area contributed by atoms with Gasteiger partial charge in [0.1, 0.15) is 0 Å². The van der Waals surface area contributed by atoms with E-state index in [1.807, 2.05) is 26.0 Å². The lowest BCUT2D eigenvalue weighted by molar-refractivity contribution is -0.136. The number of hydrogen-bond acceptors (Lipinski definition) is 3. The Kier molecular flexibility index (Phi) is 9.02. The summed E-state index contributed by atoms with van der Waals surface area (Å²) in [5.74, 6) is -1.40. The lowest BCUT2D eigenvalue weighted by Gasteiger charge is -2.10. The van der Waals surface area contributed by atoms with Gasteiger partial charge in [-0.05, 0) is 62.8 Å². The van der Waals surface area contributed by atoms with Gasteiger partial charge in [-0.2, -0.15) is 5.10 Å². The third-order valence-electron chi connectivity index (χ3n) is 5.22. The third-order valence-corrected chi connectivity index (χ3v) is 5.22. The predicted octanol–water partition coefficient (Wildman–Crippen LogP) is 5.02. The van der Waals surface area contributed by atoms with E-state index in [2.05, 4.69) is 15.8 Å². The molecule has 0 heterocycles. The average molecular weight is 372 g/mol. The first-order valence-electron chi connectivity index (χ1n) is 10.3. The zero-order chi connectivity index (χ0) is 19.5. The van der Waals surface area contributed by atoms with E-state index < -0.39 is 11.8 Å². The molecular weight excluding hydrogens is 338 g/mol. The highest BCUT2D eigenvalue weighted by atomic mass is 16.2. The minimum Gasteiger partial charge on any atom is -0.318 e. The van der Waals surface area contributed by atoms with Gasteiger partial charge >= 0.3 is 11.8 Å². The summed E-state index contributed by atoms with van der Waals surface area (Å²) < 4.78 is 0. The minimum absolute atomic E-state index is 0.622. The van der Waals surface area contributed by atoms with Crippen LogP contribution in [0.5, 0.6) is 0 Å².